The summed E-state index contributed by atoms with van der Waals surface area (Å²) in [6.45, 7) is 2.77. The van der Waals surface area contributed by atoms with Gasteiger partial charge in [0.1, 0.15) is 0 Å². The zero-order chi connectivity index (χ0) is 8.81. The molecule has 12 heavy (non-hydrogen) atoms. The van der Waals surface area contributed by atoms with Gasteiger partial charge in [-0.1, -0.05) is 0 Å². The van der Waals surface area contributed by atoms with Crippen molar-refractivity contribution in [2.24, 2.45) is 11.7 Å². The summed E-state index contributed by atoms with van der Waals surface area (Å²) in [5, 5.41) is 3.09. The minimum Gasteiger partial charge on any atom is -0.381 e. The molecule has 72 valence electrons. The van der Waals surface area contributed by atoms with Crippen LogP contribution in [-0.4, -0.2) is 32.8 Å². The van der Waals surface area contributed by atoms with Crippen LogP contribution in [0.25, 0.3) is 0 Å². The first-order chi connectivity index (χ1) is 5.83. The average molecular weight is 172 g/mol. The van der Waals surface area contributed by atoms with Crippen LogP contribution in [0, 0.1) is 5.92 Å². The molecular weight excluding hydrogens is 152 g/mol. The number of ether oxygens (including phenoxy) is 1. The summed E-state index contributed by atoms with van der Waals surface area (Å²) >= 11 is 0. The lowest BCUT2D eigenvalue weighted by Gasteiger charge is -2.24. The average Bonchev–Trinajstić information content (AvgIpc) is 2.06. The van der Waals surface area contributed by atoms with E-state index in [1.807, 2.05) is 7.05 Å². The molecule has 0 amide bonds. The molecule has 0 radical (unpaired) electrons. The molecule has 0 aromatic heterocycles. The highest BCUT2D eigenvalue weighted by Crippen LogP contribution is 2.17. The van der Waals surface area contributed by atoms with Crippen molar-refractivity contribution in [3.63, 3.8) is 0 Å². The standard InChI is InChI=1S/C9H20N2O/c1-11-6-9(10)5-8-3-2-4-12-7-8/h8-9,11H,2-7,10H2,1H3/t8?,9-/m1/s1. The molecule has 1 rings (SSSR count). The second-order valence-electron chi connectivity index (χ2n) is 3.64. The summed E-state index contributed by atoms with van der Waals surface area (Å²) in [5.41, 5.74) is 5.90. The Morgan fingerprint density at radius 1 is 1.67 bits per heavy atom. The van der Waals surface area contributed by atoms with Crippen molar-refractivity contribution in [2.45, 2.75) is 25.3 Å². The third kappa shape index (κ3) is 3.52. The molecule has 1 aliphatic rings. The lowest BCUT2D eigenvalue weighted by atomic mass is 9.95. The second kappa shape index (κ2) is 5.51. The van der Waals surface area contributed by atoms with Crippen LogP contribution in [0.1, 0.15) is 19.3 Å². The van der Waals surface area contributed by atoms with Gasteiger partial charge in [0, 0.05) is 25.8 Å². The zero-order valence-electron chi connectivity index (χ0n) is 7.88. The van der Waals surface area contributed by atoms with Gasteiger partial charge in [0.05, 0.1) is 0 Å². The van der Waals surface area contributed by atoms with E-state index < -0.39 is 0 Å². The van der Waals surface area contributed by atoms with Gasteiger partial charge in [-0.3, -0.25) is 0 Å². The highest BCUT2D eigenvalue weighted by Gasteiger charge is 2.16. The number of nitrogens with two attached hydrogens (primary N) is 1. The molecule has 0 aliphatic carbocycles. The largest absolute Gasteiger partial charge is 0.381 e. The Morgan fingerprint density at radius 2 is 2.50 bits per heavy atom. The third-order valence-corrected chi connectivity index (χ3v) is 2.36. The number of nitrogens with one attached hydrogen (secondary N) is 1. The van der Waals surface area contributed by atoms with Crippen LogP contribution in [0.3, 0.4) is 0 Å². The molecule has 1 unspecified atom stereocenters. The van der Waals surface area contributed by atoms with Crippen LogP contribution in [0.5, 0.6) is 0 Å². The van der Waals surface area contributed by atoms with Gasteiger partial charge in [0.25, 0.3) is 0 Å². The molecule has 3 nitrogen and oxygen atoms in total. The van der Waals surface area contributed by atoms with Crippen molar-refractivity contribution in [3.8, 4) is 0 Å². The summed E-state index contributed by atoms with van der Waals surface area (Å²) in [5.74, 6) is 0.696. The Labute approximate surface area is 74.7 Å². The van der Waals surface area contributed by atoms with Crippen molar-refractivity contribution in [2.75, 3.05) is 26.8 Å². The Hall–Kier alpha value is -0.120. The summed E-state index contributed by atoms with van der Waals surface area (Å²) in [4.78, 5) is 0. The Balaban J connectivity index is 2.11. The molecule has 3 heteroatoms. The van der Waals surface area contributed by atoms with Gasteiger partial charge < -0.3 is 15.8 Å². The monoisotopic (exact) mass is 172 g/mol. The van der Waals surface area contributed by atoms with Crippen LogP contribution in [-0.2, 0) is 4.74 Å². The number of hydrogen-bond donors (Lipinski definition) is 2. The van der Waals surface area contributed by atoms with E-state index in [1.165, 1.54) is 12.8 Å². The molecular formula is C9H20N2O. The first-order valence-electron chi connectivity index (χ1n) is 4.81. The molecule has 1 saturated heterocycles. The molecule has 3 N–H and O–H groups in total. The van der Waals surface area contributed by atoms with Crippen LogP contribution < -0.4 is 11.1 Å². The van der Waals surface area contributed by atoms with Crippen molar-refractivity contribution >= 4 is 0 Å². The molecule has 1 heterocycles. The minimum atomic E-state index is 0.293. The maximum absolute atomic E-state index is 5.90. The van der Waals surface area contributed by atoms with Gasteiger partial charge in [-0.05, 0) is 32.2 Å². The van der Waals surface area contributed by atoms with E-state index in [0.717, 1.165) is 26.2 Å². The molecule has 0 aromatic carbocycles. The van der Waals surface area contributed by atoms with Crippen LogP contribution in [0.4, 0.5) is 0 Å². The smallest absolute Gasteiger partial charge is 0.0494 e. The van der Waals surface area contributed by atoms with Crippen molar-refractivity contribution in [1.29, 1.82) is 0 Å². The van der Waals surface area contributed by atoms with Crippen molar-refractivity contribution in [1.82, 2.24) is 5.32 Å². The maximum atomic E-state index is 5.90. The van der Waals surface area contributed by atoms with Crippen LogP contribution >= 0.6 is 0 Å². The topological polar surface area (TPSA) is 47.3 Å². The molecule has 0 spiro atoms. The fourth-order valence-corrected chi connectivity index (χ4v) is 1.77. The molecule has 2 atom stereocenters. The summed E-state index contributed by atoms with van der Waals surface area (Å²) in [6.07, 6.45) is 3.59. The van der Waals surface area contributed by atoms with Gasteiger partial charge >= 0.3 is 0 Å². The summed E-state index contributed by atoms with van der Waals surface area (Å²) in [6, 6.07) is 0.293. The summed E-state index contributed by atoms with van der Waals surface area (Å²) in [7, 11) is 1.94. The van der Waals surface area contributed by atoms with Crippen LogP contribution in [0.15, 0.2) is 0 Å². The predicted molar refractivity (Wildman–Crippen MR) is 50.1 cm³/mol. The molecule has 1 fully saturated rings. The van der Waals surface area contributed by atoms with E-state index in [-0.39, 0.29) is 0 Å². The molecule has 0 bridgehead atoms. The van der Waals surface area contributed by atoms with E-state index in [2.05, 4.69) is 5.32 Å². The Bertz CT molecular complexity index is 113. The van der Waals surface area contributed by atoms with E-state index in [9.17, 15) is 0 Å². The van der Waals surface area contributed by atoms with Crippen molar-refractivity contribution < 1.29 is 4.74 Å². The Kier molecular flexibility index (Phi) is 4.58. The fraction of sp³-hybridized carbons (Fsp3) is 1.00. The van der Waals surface area contributed by atoms with Crippen molar-refractivity contribution in [3.05, 3.63) is 0 Å². The molecule has 0 saturated carbocycles. The minimum absolute atomic E-state index is 0.293. The zero-order valence-corrected chi connectivity index (χ0v) is 7.88. The first kappa shape index (κ1) is 9.96. The lowest BCUT2D eigenvalue weighted by molar-refractivity contribution is 0.0492. The predicted octanol–water partition coefficient (Wildman–Crippen LogP) is 0.350. The van der Waals surface area contributed by atoms with Gasteiger partial charge in [0.2, 0.25) is 0 Å². The lowest BCUT2D eigenvalue weighted by Crippen LogP contribution is -2.35. The van der Waals surface area contributed by atoms with E-state index >= 15 is 0 Å². The number of likely N-dealkylation sites (N-methyl/N-ethyl adjacent to an activating group) is 1. The molecule has 1 aliphatic heterocycles. The van der Waals surface area contributed by atoms with Gasteiger partial charge in [-0.25, -0.2) is 0 Å². The Morgan fingerprint density at radius 3 is 3.08 bits per heavy atom. The number of hydrogen-bond acceptors (Lipinski definition) is 3. The van der Waals surface area contributed by atoms with Gasteiger partial charge in [0.15, 0.2) is 0 Å². The van der Waals surface area contributed by atoms with Gasteiger partial charge in [-0.15, -0.1) is 0 Å². The summed E-state index contributed by atoms with van der Waals surface area (Å²) < 4.78 is 5.39. The van der Waals surface area contributed by atoms with E-state index in [1.54, 1.807) is 0 Å². The molecule has 0 aromatic rings. The second-order valence-corrected chi connectivity index (χ2v) is 3.64. The normalized spacial score (nSPS) is 27.0. The highest BCUT2D eigenvalue weighted by molar-refractivity contribution is 4.71. The third-order valence-electron chi connectivity index (χ3n) is 2.36. The number of rotatable bonds is 4. The van der Waals surface area contributed by atoms with Gasteiger partial charge in [-0.2, -0.15) is 0 Å². The maximum Gasteiger partial charge on any atom is 0.0494 e. The SMILES string of the molecule is CNC[C@H](N)CC1CCCOC1. The van der Waals surface area contributed by atoms with Crippen LogP contribution in [0.2, 0.25) is 0 Å². The fourth-order valence-electron chi connectivity index (χ4n) is 1.77. The van der Waals surface area contributed by atoms with E-state index in [4.69, 9.17) is 10.5 Å². The highest BCUT2D eigenvalue weighted by atomic mass is 16.5. The first-order valence-corrected chi connectivity index (χ1v) is 4.81. The van der Waals surface area contributed by atoms with E-state index in [0.29, 0.717) is 12.0 Å². The quantitative estimate of drug-likeness (QED) is 0.643.